The van der Waals surface area contributed by atoms with Crippen molar-refractivity contribution in [2.24, 2.45) is 0 Å². The number of hydrogen-bond donors (Lipinski definition) is 1. The van der Waals surface area contributed by atoms with Gasteiger partial charge in [-0.1, -0.05) is 36.4 Å². The van der Waals surface area contributed by atoms with Crippen LogP contribution in [0.3, 0.4) is 0 Å². The Morgan fingerprint density at radius 1 is 1.09 bits per heavy atom. The smallest absolute Gasteiger partial charge is 0.274 e. The Kier molecular flexibility index (Phi) is 6.85. The van der Waals surface area contributed by atoms with Crippen LogP contribution in [0.25, 0.3) is 11.1 Å². The summed E-state index contributed by atoms with van der Waals surface area (Å²) in [5.74, 6) is -0.561. The number of nitrogens with one attached hydrogen (secondary N) is 1. The van der Waals surface area contributed by atoms with E-state index in [9.17, 15) is 9.59 Å². The van der Waals surface area contributed by atoms with E-state index >= 15 is 0 Å². The zero-order valence-electron chi connectivity index (χ0n) is 18.2. The van der Waals surface area contributed by atoms with E-state index in [4.69, 9.17) is 4.74 Å². The van der Waals surface area contributed by atoms with E-state index < -0.39 is 5.60 Å². The summed E-state index contributed by atoms with van der Waals surface area (Å²) in [6, 6.07) is 11.8. The van der Waals surface area contributed by atoms with Crippen LogP contribution in [0.15, 0.2) is 80.0 Å². The third-order valence-electron chi connectivity index (χ3n) is 5.51. The standard InChI is InChI=1S/C25H25N5O3/c1-2-9-29-24(32)25(15-19-5-7-20(8-6-19)21-4-3-10-26-16-21)18-30(13-14-33-25)23(31)22-17-27-11-12-28-22/h2-8,10-12,16-17H,1,9,13-15,18H2,(H,29,32)/t25-/m0/s1. The largest absolute Gasteiger partial charge is 0.361 e. The number of morpholine rings is 1. The first-order valence-electron chi connectivity index (χ1n) is 10.7. The van der Waals surface area contributed by atoms with Crippen molar-refractivity contribution >= 4 is 11.8 Å². The highest BCUT2D eigenvalue weighted by Gasteiger charge is 2.45. The van der Waals surface area contributed by atoms with Gasteiger partial charge < -0.3 is 15.0 Å². The SMILES string of the molecule is C=CCNC(=O)[C@]1(Cc2ccc(-c3cccnc3)cc2)CN(C(=O)c2cnccn2)CCO1. The normalized spacial score (nSPS) is 17.9. The fraction of sp³-hybridized carbons (Fsp3) is 0.240. The van der Waals surface area contributed by atoms with Gasteiger partial charge in [-0.25, -0.2) is 4.98 Å². The van der Waals surface area contributed by atoms with Gasteiger partial charge >= 0.3 is 0 Å². The summed E-state index contributed by atoms with van der Waals surface area (Å²) in [6.07, 6.45) is 9.87. The fourth-order valence-corrected chi connectivity index (χ4v) is 3.86. The molecule has 1 atom stereocenters. The number of nitrogens with zero attached hydrogens (tertiary/aromatic N) is 4. The van der Waals surface area contributed by atoms with E-state index in [0.717, 1.165) is 16.7 Å². The molecule has 0 bridgehead atoms. The molecule has 1 saturated heterocycles. The van der Waals surface area contributed by atoms with E-state index in [-0.39, 0.29) is 30.7 Å². The monoisotopic (exact) mass is 443 g/mol. The van der Waals surface area contributed by atoms with Gasteiger partial charge in [0, 0.05) is 44.3 Å². The number of pyridine rings is 1. The maximum absolute atomic E-state index is 13.2. The summed E-state index contributed by atoms with van der Waals surface area (Å²) in [5.41, 5.74) is 1.97. The number of ether oxygens (including phenoxy) is 1. The van der Waals surface area contributed by atoms with Crippen LogP contribution in [0.1, 0.15) is 16.1 Å². The Labute approximate surface area is 192 Å². The van der Waals surface area contributed by atoms with E-state index in [1.807, 2.05) is 36.4 Å². The van der Waals surface area contributed by atoms with Crippen LogP contribution in [0.4, 0.5) is 0 Å². The quantitative estimate of drug-likeness (QED) is 0.563. The molecule has 1 aliphatic rings. The van der Waals surface area contributed by atoms with Crippen LogP contribution >= 0.6 is 0 Å². The summed E-state index contributed by atoms with van der Waals surface area (Å²) in [6.45, 7) is 4.68. The molecular formula is C25H25N5O3. The summed E-state index contributed by atoms with van der Waals surface area (Å²) in [5, 5.41) is 2.84. The lowest BCUT2D eigenvalue weighted by atomic mass is 9.90. The Morgan fingerprint density at radius 2 is 1.91 bits per heavy atom. The van der Waals surface area contributed by atoms with Crippen LogP contribution in [0.5, 0.6) is 0 Å². The zero-order valence-corrected chi connectivity index (χ0v) is 18.2. The van der Waals surface area contributed by atoms with Crippen molar-refractivity contribution in [3.05, 3.63) is 91.3 Å². The van der Waals surface area contributed by atoms with Gasteiger partial charge in [0.2, 0.25) is 0 Å². The molecular weight excluding hydrogens is 418 g/mol. The van der Waals surface area contributed by atoms with Crippen molar-refractivity contribution in [1.29, 1.82) is 0 Å². The predicted octanol–water partition coefficient (Wildman–Crippen LogP) is 2.29. The third-order valence-corrected chi connectivity index (χ3v) is 5.51. The number of carbonyl (C=O) groups is 2. The first kappa shape index (κ1) is 22.3. The molecule has 1 N–H and O–H groups in total. The maximum Gasteiger partial charge on any atom is 0.274 e. The second-order valence-electron chi connectivity index (χ2n) is 7.77. The molecule has 4 rings (SSSR count). The van der Waals surface area contributed by atoms with Gasteiger partial charge in [-0.15, -0.1) is 6.58 Å². The molecule has 1 aliphatic heterocycles. The highest BCUT2D eigenvalue weighted by atomic mass is 16.5. The van der Waals surface area contributed by atoms with E-state index in [1.165, 1.54) is 18.6 Å². The highest BCUT2D eigenvalue weighted by molar-refractivity contribution is 5.93. The van der Waals surface area contributed by atoms with Crippen molar-refractivity contribution < 1.29 is 14.3 Å². The minimum absolute atomic E-state index is 0.107. The molecule has 3 aromatic rings. The Hall–Kier alpha value is -3.91. The van der Waals surface area contributed by atoms with Gasteiger partial charge in [0.1, 0.15) is 5.69 Å². The average molecular weight is 444 g/mol. The highest BCUT2D eigenvalue weighted by Crippen LogP contribution is 2.26. The first-order chi connectivity index (χ1) is 16.1. The summed E-state index contributed by atoms with van der Waals surface area (Å²) >= 11 is 0. The molecule has 0 radical (unpaired) electrons. The van der Waals surface area contributed by atoms with Gasteiger partial charge in [-0.2, -0.15) is 0 Å². The van der Waals surface area contributed by atoms with Gasteiger partial charge in [-0.3, -0.25) is 19.6 Å². The van der Waals surface area contributed by atoms with Crippen molar-refractivity contribution in [3.8, 4) is 11.1 Å². The molecule has 8 heteroatoms. The van der Waals surface area contributed by atoms with Gasteiger partial charge in [-0.05, 0) is 22.8 Å². The Bertz CT molecular complexity index is 1110. The Morgan fingerprint density at radius 3 is 2.61 bits per heavy atom. The summed E-state index contributed by atoms with van der Waals surface area (Å²) in [4.78, 5) is 40.1. The van der Waals surface area contributed by atoms with Crippen molar-refractivity contribution in [3.63, 3.8) is 0 Å². The number of rotatable bonds is 7. The molecule has 0 unspecified atom stereocenters. The van der Waals surface area contributed by atoms with Gasteiger partial charge in [0.05, 0.1) is 19.3 Å². The first-order valence-corrected chi connectivity index (χ1v) is 10.7. The second-order valence-corrected chi connectivity index (χ2v) is 7.77. The number of aromatic nitrogens is 3. The summed E-state index contributed by atoms with van der Waals surface area (Å²) in [7, 11) is 0. The molecule has 2 aromatic heterocycles. The minimum atomic E-state index is -1.23. The van der Waals surface area contributed by atoms with Crippen LogP contribution < -0.4 is 5.32 Å². The molecule has 0 spiro atoms. The molecule has 33 heavy (non-hydrogen) atoms. The molecule has 1 aromatic carbocycles. The zero-order chi connectivity index (χ0) is 23.1. The summed E-state index contributed by atoms with van der Waals surface area (Å²) < 4.78 is 6.07. The Balaban J connectivity index is 1.58. The lowest BCUT2D eigenvalue weighted by Gasteiger charge is -2.41. The molecule has 1 fully saturated rings. The predicted molar refractivity (Wildman–Crippen MR) is 123 cm³/mol. The van der Waals surface area contributed by atoms with Crippen LogP contribution in [-0.2, 0) is 16.0 Å². The third kappa shape index (κ3) is 5.12. The van der Waals surface area contributed by atoms with E-state index in [1.54, 1.807) is 23.4 Å². The van der Waals surface area contributed by atoms with Crippen molar-refractivity contribution in [2.45, 2.75) is 12.0 Å². The second kappa shape index (κ2) is 10.1. The van der Waals surface area contributed by atoms with Crippen LogP contribution in [0, 0.1) is 0 Å². The fourth-order valence-electron chi connectivity index (χ4n) is 3.86. The maximum atomic E-state index is 13.2. The number of carbonyl (C=O) groups excluding carboxylic acids is 2. The minimum Gasteiger partial charge on any atom is -0.361 e. The van der Waals surface area contributed by atoms with E-state index in [2.05, 4.69) is 26.8 Å². The molecule has 3 heterocycles. The number of amides is 2. The molecule has 168 valence electrons. The number of benzene rings is 1. The van der Waals surface area contributed by atoms with Crippen molar-refractivity contribution in [2.75, 3.05) is 26.2 Å². The average Bonchev–Trinajstić information content (AvgIpc) is 2.88. The molecule has 0 saturated carbocycles. The molecule has 0 aliphatic carbocycles. The van der Waals surface area contributed by atoms with Gasteiger partial charge in [0.25, 0.3) is 11.8 Å². The lowest BCUT2D eigenvalue weighted by molar-refractivity contribution is -0.157. The van der Waals surface area contributed by atoms with Gasteiger partial charge in [0.15, 0.2) is 5.60 Å². The lowest BCUT2D eigenvalue weighted by Crippen LogP contribution is -2.62. The van der Waals surface area contributed by atoms with Crippen LogP contribution in [0.2, 0.25) is 0 Å². The van der Waals surface area contributed by atoms with Crippen LogP contribution in [-0.4, -0.2) is 63.5 Å². The number of hydrogen-bond acceptors (Lipinski definition) is 6. The molecule has 2 amide bonds. The van der Waals surface area contributed by atoms with Crippen molar-refractivity contribution in [1.82, 2.24) is 25.2 Å². The molecule has 8 nitrogen and oxygen atoms in total. The van der Waals surface area contributed by atoms with E-state index in [0.29, 0.717) is 19.5 Å². The topological polar surface area (TPSA) is 97.3 Å².